The summed E-state index contributed by atoms with van der Waals surface area (Å²) in [5, 5.41) is 11.6. The van der Waals surface area contributed by atoms with Crippen molar-refractivity contribution < 1.29 is 19.4 Å². The molecule has 0 aromatic heterocycles. The Balaban J connectivity index is 1.67. The molecule has 1 heterocycles. The maximum Gasteiger partial charge on any atom is 0.258 e. The highest BCUT2D eigenvalue weighted by Gasteiger charge is 2.29. The summed E-state index contributed by atoms with van der Waals surface area (Å²) in [5.41, 5.74) is 3.93. The molecule has 6 heteroatoms. The molecule has 0 fully saturated rings. The van der Waals surface area contributed by atoms with E-state index >= 15 is 0 Å². The fourth-order valence-electron chi connectivity index (χ4n) is 3.61. The standard InChI is InChI=1S/C27H22ClNO4/c1-2-33-24-13-5-18(6-14-24)15-22-16-25(20-9-11-23(28)12-10-20)29(26(22)30)17-19-3-7-21(8-4-19)27(31)32/h3-16H,2,17H2,1H3,(H,31,32)/p-1/b22-15+. The normalized spacial score (nSPS) is 14.5. The van der Waals surface area contributed by atoms with E-state index in [2.05, 4.69) is 0 Å². The number of halogens is 1. The summed E-state index contributed by atoms with van der Waals surface area (Å²) in [6.07, 6.45) is 3.70. The minimum Gasteiger partial charge on any atom is -0.545 e. The lowest BCUT2D eigenvalue weighted by Gasteiger charge is -2.21. The van der Waals surface area contributed by atoms with E-state index in [-0.39, 0.29) is 11.5 Å². The predicted molar refractivity (Wildman–Crippen MR) is 126 cm³/mol. The van der Waals surface area contributed by atoms with Gasteiger partial charge in [-0.1, -0.05) is 60.1 Å². The molecule has 0 aliphatic carbocycles. The Labute approximate surface area is 197 Å². The topological polar surface area (TPSA) is 69.7 Å². The molecular formula is C27H21ClNO4-. The maximum absolute atomic E-state index is 13.4. The Morgan fingerprint density at radius 1 is 1.00 bits per heavy atom. The van der Waals surface area contributed by atoms with Crippen LogP contribution >= 0.6 is 11.6 Å². The van der Waals surface area contributed by atoms with Crippen LogP contribution in [0, 0.1) is 0 Å². The zero-order chi connectivity index (χ0) is 23.4. The van der Waals surface area contributed by atoms with Crippen LogP contribution in [0.15, 0.2) is 84.4 Å². The first-order valence-electron chi connectivity index (χ1n) is 10.5. The molecule has 33 heavy (non-hydrogen) atoms. The summed E-state index contributed by atoms with van der Waals surface area (Å²) in [6.45, 7) is 2.81. The Morgan fingerprint density at radius 2 is 1.67 bits per heavy atom. The van der Waals surface area contributed by atoms with Crippen LogP contribution in [-0.2, 0) is 11.3 Å². The summed E-state index contributed by atoms with van der Waals surface area (Å²) < 4.78 is 5.48. The summed E-state index contributed by atoms with van der Waals surface area (Å²) in [5.74, 6) is -0.602. The number of benzene rings is 3. The van der Waals surface area contributed by atoms with E-state index in [0.29, 0.717) is 23.7 Å². The van der Waals surface area contributed by atoms with Gasteiger partial charge in [0.05, 0.1) is 24.8 Å². The van der Waals surface area contributed by atoms with Crippen LogP contribution in [0.3, 0.4) is 0 Å². The Bertz CT molecular complexity index is 1230. The molecule has 0 N–H and O–H groups in total. The van der Waals surface area contributed by atoms with E-state index in [1.165, 1.54) is 12.1 Å². The van der Waals surface area contributed by atoms with E-state index < -0.39 is 5.97 Å². The molecule has 5 nitrogen and oxygen atoms in total. The molecule has 3 aromatic carbocycles. The van der Waals surface area contributed by atoms with Gasteiger partial charge in [0.1, 0.15) is 5.75 Å². The van der Waals surface area contributed by atoms with Gasteiger partial charge in [0, 0.05) is 10.6 Å². The van der Waals surface area contributed by atoms with Crippen LogP contribution in [0.25, 0.3) is 11.8 Å². The third-order valence-electron chi connectivity index (χ3n) is 5.26. The van der Waals surface area contributed by atoms with Crippen LogP contribution in [-0.4, -0.2) is 23.4 Å². The number of nitrogens with zero attached hydrogens (tertiary/aromatic N) is 1. The van der Waals surface area contributed by atoms with Crippen LogP contribution < -0.4 is 9.84 Å². The molecule has 3 aromatic rings. The van der Waals surface area contributed by atoms with Gasteiger partial charge in [-0.2, -0.15) is 0 Å². The lowest BCUT2D eigenvalue weighted by molar-refractivity contribution is -0.255. The molecule has 1 amide bonds. The molecular weight excluding hydrogens is 438 g/mol. The lowest BCUT2D eigenvalue weighted by Crippen LogP contribution is -2.25. The highest BCUT2D eigenvalue weighted by Crippen LogP contribution is 2.33. The number of carboxylic acid groups (broad SMARTS) is 1. The third kappa shape index (κ3) is 5.16. The molecule has 0 unspecified atom stereocenters. The quantitative estimate of drug-likeness (QED) is 0.486. The molecule has 0 saturated heterocycles. The van der Waals surface area contributed by atoms with Crippen molar-refractivity contribution >= 4 is 35.3 Å². The first kappa shape index (κ1) is 22.4. The number of aromatic carboxylic acids is 1. The molecule has 0 spiro atoms. The second kappa shape index (κ2) is 9.76. The van der Waals surface area contributed by atoms with Gasteiger partial charge in [0.15, 0.2) is 0 Å². The average Bonchev–Trinajstić information content (AvgIpc) is 3.11. The highest BCUT2D eigenvalue weighted by molar-refractivity contribution is 6.30. The molecule has 166 valence electrons. The van der Waals surface area contributed by atoms with Gasteiger partial charge < -0.3 is 19.5 Å². The van der Waals surface area contributed by atoms with Crippen molar-refractivity contribution in [3.05, 3.63) is 112 Å². The van der Waals surface area contributed by atoms with Crippen molar-refractivity contribution in [3.8, 4) is 5.75 Å². The Kier molecular flexibility index (Phi) is 6.61. The van der Waals surface area contributed by atoms with Crippen molar-refractivity contribution in [1.29, 1.82) is 0 Å². The number of rotatable bonds is 7. The maximum atomic E-state index is 13.4. The fraction of sp³-hybridized carbons (Fsp3) is 0.111. The van der Waals surface area contributed by atoms with Gasteiger partial charge in [-0.15, -0.1) is 0 Å². The van der Waals surface area contributed by atoms with Crippen LogP contribution in [0.5, 0.6) is 5.75 Å². The monoisotopic (exact) mass is 458 g/mol. The summed E-state index contributed by atoms with van der Waals surface area (Å²) in [4.78, 5) is 26.1. The second-order valence-electron chi connectivity index (χ2n) is 7.51. The van der Waals surface area contributed by atoms with Gasteiger partial charge in [0.2, 0.25) is 0 Å². The third-order valence-corrected chi connectivity index (χ3v) is 5.51. The molecule has 0 saturated carbocycles. The Hall–Kier alpha value is -3.83. The van der Waals surface area contributed by atoms with Crippen LogP contribution in [0.1, 0.15) is 34.0 Å². The minimum absolute atomic E-state index is 0.0936. The smallest absolute Gasteiger partial charge is 0.258 e. The minimum atomic E-state index is -1.24. The van der Waals surface area contributed by atoms with Crippen molar-refractivity contribution in [2.24, 2.45) is 0 Å². The number of hydrogen-bond acceptors (Lipinski definition) is 4. The first-order chi connectivity index (χ1) is 15.9. The summed E-state index contributed by atoms with van der Waals surface area (Å²) in [6, 6.07) is 21.2. The SMILES string of the molecule is CCOc1ccc(/C=C2\C=C(c3ccc(Cl)cc3)N(Cc3ccc(C(=O)[O-])cc3)C2=O)cc1. The Morgan fingerprint density at radius 3 is 2.27 bits per heavy atom. The number of ether oxygens (including phenoxy) is 1. The zero-order valence-electron chi connectivity index (χ0n) is 18.0. The van der Waals surface area contributed by atoms with Gasteiger partial charge >= 0.3 is 0 Å². The molecule has 0 atom stereocenters. The fourth-order valence-corrected chi connectivity index (χ4v) is 3.73. The molecule has 4 rings (SSSR count). The van der Waals surface area contributed by atoms with E-state index in [0.717, 1.165) is 28.1 Å². The van der Waals surface area contributed by atoms with Gasteiger partial charge in [0.25, 0.3) is 5.91 Å². The molecule has 1 aliphatic rings. The summed E-state index contributed by atoms with van der Waals surface area (Å²) >= 11 is 6.05. The molecule has 1 aliphatic heterocycles. The lowest BCUT2D eigenvalue weighted by atomic mass is 10.1. The number of carboxylic acids is 1. The van der Waals surface area contributed by atoms with E-state index in [1.54, 1.807) is 29.2 Å². The van der Waals surface area contributed by atoms with E-state index in [1.807, 2.05) is 55.5 Å². The molecule has 0 bridgehead atoms. The first-order valence-corrected chi connectivity index (χ1v) is 10.9. The van der Waals surface area contributed by atoms with Gasteiger partial charge in [-0.3, -0.25) is 4.79 Å². The number of amides is 1. The largest absolute Gasteiger partial charge is 0.545 e. The number of carbonyl (C=O) groups is 2. The van der Waals surface area contributed by atoms with Gasteiger partial charge in [-0.05, 0) is 65.6 Å². The van der Waals surface area contributed by atoms with Crippen LogP contribution in [0.2, 0.25) is 5.02 Å². The zero-order valence-corrected chi connectivity index (χ0v) is 18.7. The number of hydrogen-bond donors (Lipinski definition) is 0. The van der Waals surface area contributed by atoms with Gasteiger partial charge in [-0.25, -0.2) is 0 Å². The highest BCUT2D eigenvalue weighted by atomic mass is 35.5. The molecule has 0 radical (unpaired) electrons. The number of carbonyl (C=O) groups excluding carboxylic acids is 2. The second-order valence-corrected chi connectivity index (χ2v) is 7.95. The van der Waals surface area contributed by atoms with Crippen molar-refractivity contribution in [2.75, 3.05) is 6.61 Å². The van der Waals surface area contributed by atoms with Crippen molar-refractivity contribution in [1.82, 2.24) is 4.90 Å². The van der Waals surface area contributed by atoms with Crippen molar-refractivity contribution in [3.63, 3.8) is 0 Å². The van der Waals surface area contributed by atoms with Crippen LogP contribution in [0.4, 0.5) is 0 Å². The predicted octanol–water partition coefficient (Wildman–Crippen LogP) is 4.57. The summed E-state index contributed by atoms with van der Waals surface area (Å²) in [7, 11) is 0. The average molecular weight is 459 g/mol. The van der Waals surface area contributed by atoms with Crippen molar-refractivity contribution in [2.45, 2.75) is 13.5 Å². The van der Waals surface area contributed by atoms with E-state index in [9.17, 15) is 14.7 Å². The van der Waals surface area contributed by atoms with E-state index in [4.69, 9.17) is 16.3 Å².